The van der Waals surface area contributed by atoms with Gasteiger partial charge in [-0.15, -0.1) is 6.58 Å². The summed E-state index contributed by atoms with van der Waals surface area (Å²) in [6.07, 6.45) is 54.5. The van der Waals surface area contributed by atoms with Crippen molar-refractivity contribution in [3.63, 3.8) is 0 Å². The summed E-state index contributed by atoms with van der Waals surface area (Å²) in [7, 11) is -5.03. The molecule has 0 amide bonds. The average molecular weight is 2060 g/mol. The molecule has 2 heterocycles. The summed E-state index contributed by atoms with van der Waals surface area (Å²) in [6.45, 7) is 79.5. The lowest BCUT2D eigenvalue weighted by atomic mass is 9.61. The number of Topliss-reactive ketones (excluding diaryl/α,β-unsaturated/α-hetero) is 1. The molecule has 0 aromatic carbocycles. The van der Waals surface area contributed by atoms with E-state index in [0.717, 1.165) is 157 Å². The first-order valence-electron chi connectivity index (χ1n) is 56.9. The van der Waals surface area contributed by atoms with Gasteiger partial charge in [0.1, 0.15) is 5.78 Å². The zero-order valence-corrected chi connectivity index (χ0v) is 98.6. The third kappa shape index (κ3) is 30.1. The largest absolute Gasteiger partial charge is 0.502 e. The number of hydrogen-bond acceptors (Lipinski definition) is 14. The number of hydrogen-bond donors (Lipinski definition) is 4. The number of fused-ring (bicyclic) bond motifs is 6. The molecule has 14 fully saturated rings. The van der Waals surface area contributed by atoms with E-state index in [1.165, 1.54) is 184 Å². The fourth-order valence-electron chi connectivity index (χ4n) is 30.8. The molecule has 18 heteroatoms. The van der Waals surface area contributed by atoms with Crippen molar-refractivity contribution in [2.24, 2.45) is 139 Å². The van der Waals surface area contributed by atoms with Gasteiger partial charge in [0.25, 0.3) is 0 Å². The number of carbonyl (C=O) groups excluding carboxylic acids is 1. The first-order valence-corrected chi connectivity index (χ1v) is 67.1. The molecule has 30 atom stereocenters. The fraction of sp³-hybridized carbons (Fsp3) is 0.957. The molecule has 14 aliphatic rings. The van der Waals surface area contributed by atoms with Crippen molar-refractivity contribution in [3.8, 4) is 0 Å². The van der Waals surface area contributed by atoms with E-state index in [2.05, 4.69) is 220 Å². The molecule has 14 nitrogen and oxygen atoms in total. The molecule has 135 heavy (non-hydrogen) atoms. The van der Waals surface area contributed by atoms with Gasteiger partial charge in [0.05, 0.1) is 57.6 Å². The van der Waals surface area contributed by atoms with E-state index in [0.29, 0.717) is 128 Å². The lowest BCUT2D eigenvalue weighted by Gasteiger charge is -2.50. The Bertz CT molecular complexity index is 3380. The molecule has 14 rings (SSSR count). The molecule has 0 spiro atoms. The SMILES string of the molecule is C=CC(C)OCC.CCO/C=C/CC[C@@H](C)[C@H]1CC[C@H]2[C@@H](O[Si](C)(C)C(C)(C)C)CCC[C@]12C.C[C@H](CCCC1OCCO1)[C@H]1CC[C@H]2C(=O)CCC[C@]12C.C[C@H](CCCC1OCCO1)[C@H]1CC[C@H]2[C@@H](O)CCC[C@]12C.C[C@H](CI)[C@H]1CC[C@H]2[C@@H](O[Si](C)(C)C(C)(C)C)CCC[C@]12C.C[C@H](CO)[C@H]1CC[C@H]2[C@@H](O)CCC[C@]12C.C[C@H](CO)[C@H]1CC[C@H]2[C@@H](O[Si](C)(C)C(C)(C)C)CCC[C@]12C. The summed E-state index contributed by atoms with van der Waals surface area (Å²) in [5, 5.41) is 40.2. The number of carbonyl (C=O) groups is 1. The van der Waals surface area contributed by atoms with E-state index in [9.17, 15) is 25.2 Å². The van der Waals surface area contributed by atoms with Gasteiger partial charge in [-0.25, -0.2) is 0 Å². The van der Waals surface area contributed by atoms with Crippen molar-refractivity contribution in [3.05, 3.63) is 25.0 Å². The van der Waals surface area contributed by atoms with Crippen LogP contribution in [-0.4, -0.2) is 158 Å². The van der Waals surface area contributed by atoms with Crippen molar-refractivity contribution < 1.29 is 66.9 Å². The fourth-order valence-corrected chi connectivity index (χ4v) is 35.6. The van der Waals surface area contributed by atoms with Crippen molar-refractivity contribution >= 4 is 53.3 Å². The predicted molar refractivity (Wildman–Crippen MR) is 581 cm³/mol. The van der Waals surface area contributed by atoms with Crippen LogP contribution >= 0.6 is 22.6 Å². The molecule has 1 unspecified atom stereocenters. The summed E-state index contributed by atoms with van der Waals surface area (Å²) < 4.78 is 54.6. The Kier molecular flexibility index (Phi) is 46.8. The van der Waals surface area contributed by atoms with Crippen molar-refractivity contribution in [2.75, 3.05) is 57.3 Å². The summed E-state index contributed by atoms with van der Waals surface area (Å²) in [5.74, 6) is 12.8. The third-order valence-corrected chi connectivity index (χ3v) is 56.8. The van der Waals surface area contributed by atoms with Crippen LogP contribution in [0.5, 0.6) is 0 Å². The van der Waals surface area contributed by atoms with E-state index in [1.54, 1.807) is 6.08 Å². The molecular formula is C117H219IO14Si3. The summed E-state index contributed by atoms with van der Waals surface area (Å²) in [4.78, 5) is 12.2. The summed E-state index contributed by atoms with van der Waals surface area (Å²) in [5.41, 5.74) is 2.37. The minimum Gasteiger partial charge on any atom is -0.502 e. The Balaban J connectivity index is 0.000000197. The normalized spacial score (nSPS) is 37.6. The first kappa shape index (κ1) is 120. The number of rotatable bonds is 31. The Morgan fingerprint density at radius 3 is 1.06 bits per heavy atom. The average Bonchev–Trinajstić information content (AvgIpc) is 1.62. The Hall–Kier alpha value is -0.149. The quantitative estimate of drug-likeness (QED) is 0.0169. The van der Waals surface area contributed by atoms with Gasteiger partial charge >= 0.3 is 0 Å². The lowest BCUT2D eigenvalue weighted by molar-refractivity contribution is -0.130. The van der Waals surface area contributed by atoms with Gasteiger partial charge in [0, 0.05) is 54.9 Å². The summed E-state index contributed by atoms with van der Waals surface area (Å²) in [6, 6.07) is 0. The summed E-state index contributed by atoms with van der Waals surface area (Å²) >= 11 is 2.59. The zero-order chi connectivity index (χ0) is 100. The van der Waals surface area contributed by atoms with E-state index >= 15 is 0 Å². The van der Waals surface area contributed by atoms with Gasteiger partial charge in [0.15, 0.2) is 37.5 Å². The number of ether oxygens (including phenoxy) is 6. The first-order chi connectivity index (χ1) is 63.2. The zero-order valence-electron chi connectivity index (χ0n) is 93.4. The van der Waals surface area contributed by atoms with Gasteiger partial charge in [-0.1, -0.05) is 219 Å². The monoisotopic (exact) mass is 2060 g/mol. The highest BCUT2D eigenvalue weighted by Gasteiger charge is 2.61. The second-order valence-corrected chi connectivity index (χ2v) is 68.4. The van der Waals surface area contributed by atoms with Crippen LogP contribution in [0, 0.1) is 139 Å². The molecule has 0 aromatic heterocycles. The van der Waals surface area contributed by atoms with Crippen LogP contribution in [0.2, 0.25) is 54.4 Å². The Morgan fingerprint density at radius 2 is 0.733 bits per heavy atom. The molecular weight excluding hydrogens is 1840 g/mol. The molecule has 0 aromatic rings. The molecule has 4 N–H and O–H groups in total. The predicted octanol–water partition coefficient (Wildman–Crippen LogP) is 30.9. The molecule has 0 radical (unpaired) electrons. The number of allylic oxidation sites excluding steroid dienone is 1. The minimum absolute atomic E-state index is 0.0405. The standard InChI is InChI=1S/C24H46O2Si.C19H37IOSi.C19H38O2Si.C18H32O3.C18H30O3.C13H24O2.C6H12O/c1-9-25-18-11-10-13-19(2)20-15-16-21-22(14-12-17-24(20,21)6)26-27(7,8)23(3,4)5;2*1-14(13-20)15-10-11-16-17(9-8-12-19(15,16)5)21-22(6,7)18(2,3)4;2*1-13(5-3-7-17-20-11-12-21-17)14-8-9-15-16(19)6-4-10-18(14,15)2;1-9(8-14)10-5-6-11-12(15)4-3-7-13(10,11)2;1-4-6(3)7-5-2/h11,18-22H,9-10,12-17H2,1-8H3;14-17H,8-13H2,1-7H3;14-17,20H,8-13H2,1-7H3;13-17,19H,3-12H2,1-2H3;13-15,17H,3-12H2,1-2H3;9-12,14-15H,3-8H2,1-2H3;4,6H,1,5H2,2-3H3/b18-11+;;;;;;/t19-,20-,21+,22+,24-;2*14-,15-,16+,17+,19-;13-,14-,15+,16+,18-;13-,14-,15+,18-;9-,10-,11+,12+,13-;/m111111./s1. The van der Waals surface area contributed by atoms with Crippen molar-refractivity contribution in [1.29, 1.82) is 0 Å². The molecule has 12 saturated carbocycles. The Labute approximate surface area is 849 Å². The number of halogens is 1. The number of alkyl halides is 1. The van der Waals surface area contributed by atoms with E-state index in [4.69, 9.17) is 41.7 Å². The maximum atomic E-state index is 12.2. The highest BCUT2D eigenvalue weighted by atomic mass is 127. The highest BCUT2D eigenvalue weighted by molar-refractivity contribution is 14.1. The van der Waals surface area contributed by atoms with Crippen LogP contribution in [0.4, 0.5) is 0 Å². The second-order valence-electron chi connectivity index (χ2n) is 53.3. The van der Waals surface area contributed by atoms with Crippen LogP contribution < -0.4 is 0 Å². The Morgan fingerprint density at radius 1 is 0.422 bits per heavy atom. The smallest absolute Gasteiger partial charge is 0.192 e. The van der Waals surface area contributed by atoms with Crippen LogP contribution in [0.1, 0.15) is 410 Å². The van der Waals surface area contributed by atoms with Crippen molar-refractivity contribution in [1.82, 2.24) is 0 Å². The maximum Gasteiger partial charge on any atom is 0.192 e. The van der Waals surface area contributed by atoms with E-state index in [1.807, 2.05) is 27.0 Å². The van der Waals surface area contributed by atoms with Gasteiger partial charge in [-0.05, 0) is 407 Å². The van der Waals surface area contributed by atoms with Gasteiger partial charge in [-0.3, -0.25) is 4.79 Å². The second kappa shape index (κ2) is 52.6. The van der Waals surface area contributed by atoms with Crippen LogP contribution in [0.15, 0.2) is 25.0 Å². The number of aliphatic hydroxyl groups excluding tert-OH is 4. The lowest BCUT2D eigenvalue weighted by Crippen LogP contribution is -2.50. The number of aliphatic hydroxyl groups is 4. The maximum absolute atomic E-state index is 12.2. The van der Waals surface area contributed by atoms with E-state index in [-0.39, 0.29) is 41.3 Å². The highest BCUT2D eigenvalue weighted by Crippen LogP contribution is 2.66. The molecule has 2 saturated heterocycles. The van der Waals surface area contributed by atoms with E-state index < -0.39 is 25.0 Å². The van der Waals surface area contributed by atoms with Crippen LogP contribution in [-0.2, 0) is 46.5 Å². The number of ketones is 1. The minimum atomic E-state index is -1.69. The third-order valence-electron chi connectivity index (χ3n) is 41.9. The molecule has 12 aliphatic carbocycles. The molecule has 0 bridgehead atoms. The topological polar surface area (TPSA) is 181 Å². The van der Waals surface area contributed by atoms with Gasteiger partial charge < -0.3 is 62.1 Å². The molecule has 790 valence electrons. The van der Waals surface area contributed by atoms with Crippen LogP contribution in [0.3, 0.4) is 0 Å². The van der Waals surface area contributed by atoms with Crippen LogP contribution in [0.25, 0.3) is 0 Å². The van der Waals surface area contributed by atoms with Gasteiger partial charge in [-0.2, -0.15) is 0 Å². The van der Waals surface area contributed by atoms with Gasteiger partial charge in [0.2, 0.25) is 0 Å². The van der Waals surface area contributed by atoms with Crippen molar-refractivity contribution in [2.45, 2.75) is 514 Å². The molecule has 2 aliphatic heterocycles.